The summed E-state index contributed by atoms with van der Waals surface area (Å²) in [4.78, 5) is 21.0. The van der Waals surface area contributed by atoms with Crippen LogP contribution in [-0.2, 0) is 9.53 Å². The van der Waals surface area contributed by atoms with Gasteiger partial charge in [-0.2, -0.15) is 0 Å². The fraction of sp³-hybridized carbons (Fsp3) is 0.136. The molecule has 0 bridgehead atoms. The van der Waals surface area contributed by atoms with E-state index in [1.165, 1.54) is 38.2 Å². The molecule has 0 radical (unpaired) electrons. The molecule has 170 valence electrons. The summed E-state index contributed by atoms with van der Waals surface area (Å²) in [7, 11) is 0. The van der Waals surface area contributed by atoms with E-state index in [0.717, 1.165) is 18.2 Å². The van der Waals surface area contributed by atoms with Crippen LogP contribution < -0.4 is 10.5 Å². The van der Waals surface area contributed by atoms with Gasteiger partial charge in [-0.25, -0.2) is 23.1 Å². The van der Waals surface area contributed by atoms with E-state index in [-0.39, 0.29) is 44.1 Å². The molecular weight excluding hydrogens is 477 g/mol. The number of anilines is 2. The Hall–Kier alpha value is -3.24. The number of Topliss-reactive ketones (excluding diaryl/α,β-unsaturated/α-hetero) is 1. The summed E-state index contributed by atoms with van der Waals surface area (Å²) in [6.07, 6.45) is 1.38. The second kappa shape index (κ2) is 8.60. The minimum Gasteiger partial charge on any atom is -0.477 e. The zero-order valence-electron chi connectivity index (χ0n) is 17.2. The van der Waals surface area contributed by atoms with Crippen molar-refractivity contribution in [3.8, 4) is 0 Å². The van der Waals surface area contributed by atoms with Crippen LogP contribution in [0.2, 0.25) is 5.02 Å². The van der Waals surface area contributed by atoms with E-state index in [1.807, 2.05) is 0 Å². The van der Waals surface area contributed by atoms with E-state index in [9.17, 15) is 13.6 Å². The van der Waals surface area contributed by atoms with E-state index in [1.54, 1.807) is 0 Å². The van der Waals surface area contributed by atoms with Crippen molar-refractivity contribution in [1.82, 2.24) is 9.97 Å². The number of nitrogens with one attached hydrogen (secondary N) is 1. The lowest BCUT2D eigenvalue weighted by molar-refractivity contribution is -0.125. The molecule has 0 amide bonds. The zero-order valence-corrected chi connectivity index (χ0v) is 18.8. The van der Waals surface area contributed by atoms with Crippen LogP contribution in [0, 0.1) is 17.5 Å². The third-order valence-electron chi connectivity index (χ3n) is 4.74. The number of aromatic nitrogens is 2. The van der Waals surface area contributed by atoms with E-state index < -0.39 is 28.8 Å². The first-order valence-corrected chi connectivity index (χ1v) is 10.7. The van der Waals surface area contributed by atoms with Crippen LogP contribution in [0.25, 0.3) is 11.3 Å². The van der Waals surface area contributed by atoms with Gasteiger partial charge in [-0.15, -0.1) is 0 Å². The van der Waals surface area contributed by atoms with Crippen molar-refractivity contribution in [1.29, 1.82) is 0 Å². The third kappa shape index (κ3) is 4.49. The monoisotopic (exact) mass is 492 g/mol. The van der Waals surface area contributed by atoms with Gasteiger partial charge in [0.05, 0.1) is 16.2 Å². The number of hydrogen-bond donors (Lipinski definition) is 2. The van der Waals surface area contributed by atoms with Crippen molar-refractivity contribution in [2.24, 2.45) is 0 Å². The molecule has 0 saturated carbocycles. The second-order valence-electron chi connectivity index (χ2n) is 7.54. The molecule has 1 aromatic heterocycles. The first-order valence-electron chi connectivity index (χ1n) is 9.51. The Balaban J connectivity index is 1.80. The van der Waals surface area contributed by atoms with Gasteiger partial charge in [-0.1, -0.05) is 11.6 Å². The maximum atomic E-state index is 15.6. The number of hydrogen-bond acceptors (Lipinski definition) is 7. The molecule has 0 atom stereocenters. The van der Waals surface area contributed by atoms with E-state index in [2.05, 4.69) is 14.7 Å². The Labute approximate surface area is 196 Å². The minimum atomic E-state index is -1.30. The molecule has 0 unspecified atom stereocenters. The molecule has 1 aliphatic rings. The Bertz CT molecular complexity index is 1320. The molecule has 0 aliphatic carbocycles. The van der Waals surface area contributed by atoms with E-state index in [0.29, 0.717) is 11.9 Å². The minimum absolute atomic E-state index is 0.0232. The molecule has 6 nitrogen and oxygen atoms in total. The number of nitrogen functional groups attached to an aromatic ring is 1. The molecule has 1 aliphatic heterocycles. The van der Waals surface area contributed by atoms with Crippen molar-refractivity contribution in [2.45, 2.75) is 24.3 Å². The normalized spacial score (nSPS) is 15.0. The Morgan fingerprint density at radius 2 is 1.91 bits per heavy atom. The van der Waals surface area contributed by atoms with Crippen LogP contribution in [0.15, 0.2) is 47.5 Å². The fourth-order valence-electron chi connectivity index (χ4n) is 3.19. The average molecular weight is 493 g/mol. The lowest BCUT2D eigenvalue weighted by Crippen LogP contribution is -2.29. The molecule has 33 heavy (non-hydrogen) atoms. The maximum Gasteiger partial charge on any atom is 0.220 e. The molecular formula is C22H16ClF3N4O2S. The van der Waals surface area contributed by atoms with Gasteiger partial charge in [-0.05, 0) is 62.2 Å². The molecule has 0 fully saturated rings. The molecule has 11 heteroatoms. The van der Waals surface area contributed by atoms with Gasteiger partial charge < -0.3 is 15.2 Å². The number of carbonyl (C=O) groups excluding carboxylic acids is 1. The van der Waals surface area contributed by atoms with E-state index in [4.69, 9.17) is 22.1 Å². The number of ether oxygens (including phenoxy) is 1. The predicted octanol–water partition coefficient (Wildman–Crippen LogP) is 5.49. The molecule has 2 heterocycles. The lowest BCUT2D eigenvalue weighted by atomic mass is 9.92. The predicted molar refractivity (Wildman–Crippen MR) is 121 cm³/mol. The molecule has 3 N–H and O–H groups in total. The number of halogens is 4. The Kier molecular flexibility index (Phi) is 5.98. The van der Waals surface area contributed by atoms with Crippen molar-refractivity contribution in [2.75, 3.05) is 10.5 Å². The molecule has 0 saturated heterocycles. The second-order valence-corrected chi connectivity index (χ2v) is 8.82. The summed E-state index contributed by atoms with van der Waals surface area (Å²) < 4.78 is 51.4. The average Bonchev–Trinajstić information content (AvgIpc) is 3.00. The summed E-state index contributed by atoms with van der Waals surface area (Å²) in [5.74, 6) is -2.71. The quantitative estimate of drug-likeness (QED) is 0.455. The van der Waals surface area contributed by atoms with Crippen molar-refractivity contribution >= 4 is 52.3 Å². The van der Waals surface area contributed by atoms with Gasteiger partial charge in [0.25, 0.3) is 0 Å². The van der Waals surface area contributed by atoms with Gasteiger partial charge in [0, 0.05) is 16.8 Å². The number of nitrogens with two attached hydrogens (primary N) is 1. The highest BCUT2D eigenvalue weighted by atomic mass is 35.5. The maximum absolute atomic E-state index is 15.6. The topological polar surface area (TPSA) is 90.1 Å². The zero-order chi connectivity index (χ0) is 23.9. The van der Waals surface area contributed by atoms with Crippen molar-refractivity contribution in [3.63, 3.8) is 0 Å². The lowest BCUT2D eigenvalue weighted by Gasteiger charge is -2.17. The SMILES string of the molecule is CC1(C)OC(c2ccnc(N)n2)=C(c2cc(Cl)cc(NSc3cc(F)ccc3F)c2F)C1=O. The smallest absolute Gasteiger partial charge is 0.220 e. The van der Waals surface area contributed by atoms with Crippen molar-refractivity contribution in [3.05, 3.63) is 76.3 Å². The van der Waals surface area contributed by atoms with Gasteiger partial charge in [0.2, 0.25) is 11.7 Å². The van der Waals surface area contributed by atoms with E-state index >= 15 is 4.39 Å². The van der Waals surface area contributed by atoms with Gasteiger partial charge in [-0.3, -0.25) is 4.79 Å². The summed E-state index contributed by atoms with van der Waals surface area (Å²) in [5.41, 5.74) is 4.19. The Morgan fingerprint density at radius 3 is 2.64 bits per heavy atom. The first kappa shape index (κ1) is 22.9. The summed E-state index contributed by atoms with van der Waals surface area (Å²) in [6.45, 7) is 3.08. The van der Waals surface area contributed by atoms with Gasteiger partial charge in [0.15, 0.2) is 17.2 Å². The van der Waals surface area contributed by atoms with Crippen LogP contribution in [0.4, 0.5) is 24.8 Å². The van der Waals surface area contributed by atoms with Crippen LogP contribution in [-0.4, -0.2) is 21.4 Å². The van der Waals surface area contributed by atoms with Crippen molar-refractivity contribution < 1.29 is 22.7 Å². The number of benzene rings is 2. The highest BCUT2D eigenvalue weighted by molar-refractivity contribution is 8.00. The van der Waals surface area contributed by atoms with Gasteiger partial charge >= 0.3 is 0 Å². The van der Waals surface area contributed by atoms with Crippen LogP contribution in [0.1, 0.15) is 25.1 Å². The Morgan fingerprint density at radius 1 is 1.15 bits per heavy atom. The van der Waals surface area contributed by atoms with Crippen LogP contribution in [0.5, 0.6) is 0 Å². The highest BCUT2D eigenvalue weighted by Crippen LogP contribution is 2.43. The molecule has 3 aromatic rings. The number of nitrogens with zero attached hydrogens (tertiary/aromatic N) is 2. The number of carbonyl (C=O) groups is 1. The largest absolute Gasteiger partial charge is 0.477 e. The number of rotatable bonds is 5. The van der Waals surface area contributed by atoms with Crippen LogP contribution >= 0.6 is 23.5 Å². The first-order chi connectivity index (χ1) is 15.6. The molecule has 4 rings (SSSR count). The van der Waals surface area contributed by atoms with Gasteiger partial charge in [0.1, 0.15) is 17.3 Å². The summed E-state index contributed by atoms with van der Waals surface area (Å²) >= 11 is 6.86. The fourth-order valence-corrected chi connectivity index (χ4v) is 4.12. The third-order valence-corrected chi connectivity index (χ3v) is 5.81. The molecule has 0 spiro atoms. The summed E-state index contributed by atoms with van der Waals surface area (Å²) in [6, 6.07) is 6.91. The standard InChI is InChI=1S/C22H16ClF3N4O2S/c1-22(2)20(31)17(19(32-22)14-5-6-28-21(27)29-14)12-7-10(23)8-15(18(12)26)30-33-16-9-11(24)3-4-13(16)25/h3-9,30H,1-2H3,(H2,27,28,29). The van der Waals surface area contributed by atoms with Crippen LogP contribution in [0.3, 0.4) is 0 Å². The molecule has 2 aromatic carbocycles. The summed E-state index contributed by atoms with van der Waals surface area (Å²) in [5, 5.41) is 0.0979. The highest BCUT2D eigenvalue weighted by Gasteiger charge is 2.44. The number of ketones is 1.